The molecule has 2 heterocycles. The van der Waals surface area contributed by atoms with Crippen LogP contribution in [0.4, 0.5) is 0 Å². The van der Waals surface area contributed by atoms with Gasteiger partial charge in [-0.05, 0) is 25.3 Å². The van der Waals surface area contributed by atoms with E-state index in [0.29, 0.717) is 25.9 Å². The number of carbonyl (C=O) groups is 8. The van der Waals surface area contributed by atoms with Crippen molar-refractivity contribution in [2.24, 2.45) is 0 Å². The molecule has 0 radical (unpaired) electrons. The summed E-state index contributed by atoms with van der Waals surface area (Å²) in [6, 6.07) is 7.01. The van der Waals surface area contributed by atoms with Gasteiger partial charge in [0, 0.05) is 40.3 Å². The van der Waals surface area contributed by atoms with Gasteiger partial charge in [-0.1, -0.05) is 36.2 Å². The van der Waals surface area contributed by atoms with Crippen LogP contribution in [0.15, 0.2) is 24.3 Å². The number of Topliss-reactive ketones (excluding diaryl/α,β-unsaturated/α-hetero) is 1. The number of likely N-dealkylation sites (tertiary alicyclic amines) is 2. The van der Waals surface area contributed by atoms with Gasteiger partial charge in [0.1, 0.15) is 12.3 Å². The van der Waals surface area contributed by atoms with Crippen LogP contribution >= 0.6 is 11.8 Å². The number of carbonyl (C=O) groups excluding carboxylic acids is 8. The third-order valence-corrected chi connectivity index (χ3v) is 8.41. The van der Waals surface area contributed by atoms with Gasteiger partial charge in [0.15, 0.2) is 0 Å². The first kappa shape index (κ1) is 40.9. The van der Waals surface area contributed by atoms with Crippen molar-refractivity contribution in [1.82, 2.24) is 20.4 Å². The van der Waals surface area contributed by atoms with E-state index >= 15 is 0 Å². The number of thioether (sulfide) groups is 1. The van der Waals surface area contributed by atoms with E-state index in [9.17, 15) is 38.4 Å². The number of amides is 7. The Morgan fingerprint density at radius 3 is 2.32 bits per heavy atom. The molecule has 7 amide bonds. The Kier molecular flexibility index (Phi) is 18.8. The van der Waals surface area contributed by atoms with Crippen LogP contribution in [0.2, 0.25) is 0 Å². The van der Waals surface area contributed by atoms with Crippen LogP contribution in [-0.2, 0) is 56.1 Å². The summed E-state index contributed by atoms with van der Waals surface area (Å²) >= 11 is 1.06. The van der Waals surface area contributed by atoms with Gasteiger partial charge in [0.05, 0.1) is 36.5 Å². The molecule has 16 heteroatoms. The number of imide groups is 2. The Morgan fingerprint density at radius 1 is 0.957 bits per heavy atom. The molecule has 3 rings (SSSR count). The van der Waals surface area contributed by atoms with Crippen LogP contribution in [0.3, 0.4) is 0 Å². The number of hydrogen-bond donors (Lipinski definition) is 2. The third kappa shape index (κ3) is 14.8. The number of rotatable bonds is 20. The van der Waals surface area contributed by atoms with Crippen LogP contribution in [0, 0.1) is 0 Å². The summed E-state index contributed by atoms with van der Waals surface area (Å²) < 4.78 is 5.25. The average molecular weight is 746 g/mol. The topological polar surface area (TPSA) is 190 Å². The fourth-order valence-electron chi connectivity index (χ4n) is 4.54. The summed E-state index contributed by atoms with van der Waals surface area (Å²) in [6.07, 6.45) is 3.32. The minimum Gasteiger partial charge on any atom is -0.648 e. The molecular weight excluding hydrogens is 704 g/mol. The number of benzene rings is 1. The molecule has 0 bridgehead atoms. The molecule has 1 aromatic rings. The van der Waals surface area contributed by atoms with E-state index in [1.165, 1.54) is 4.90 Å². The molecule has 2 N–H and O–H groups in total. The fraction of sp³-hybridized carbons (Fsp3) is 0.548. The Hall–Kier alpha value is -2.30. The number of β-lactam (4-membered cyclic amide) rings is 1. The molecule has 2 saturated heterocycles. The number of nitrogens with zero attached hydrogens (tertiary/aromatic N) is 3. The van der Waals surface area contributed by atoms with Crippen LogP contribution in [0.1, 0.15) is 58.0 Å². The molecule has 0 aromatic heterocycles. The van der Waals surface area contributed by atoms with Crippen LogP contribution in [0.5, 0.6) is 0 Å². The van der Waals surface area contributed by atoms with Crippen molar-refractivity contribution in [2.45, 2.75) is 63.7 Å². The monoisotopic (exact) mass is 745 g/mol. The maximum absolute atomic E-state index is 12.6. The van der Waals surface area contributed by atoms with E-state index in [0.717, 1.165) is 47.1 Å². The summed E-state index contributed by atoms with van der Waals surface area (Å²) in [6.45, 7) is 1.94. The Morgan fingerprint density at radius 2 is 1.66 bits per heavy atom. The summed E-state index contributed by atoms with van der Waals surface area (Å²) in [5, 5.41) is 8.50. The van der Waals surface area contributed by atoms with E-state index in [1.807, 2.05) is 0 Å². The Bertz CT molecular complexity index is 1320. The molecule has 0 aliphatic carbocycles. The van der Waals surface area contributed by atoms with Crippen molar-refractivity contribution in [2.75, 3.05) is 45.1 Å². The van der Waals surface area contributed by atoms with Gasteiger partial charge >= 0.3 is 58.2 Å². The van der Waals surface area contributed by atoms with Crippen molar-refractivity contribution >= 4 is 58.9 Å². The van der Waals surface area contributed by atoms with E-state index in [1.54, 1.807) is 31.2 Å². The molecule has 47 heavy (non-hydrogen) atoms. The largest absolute Gasteiger partial charge is 1.00 e. The van der Waals surface area contributed by atoms with Gasteiger partial charge in [-0.25, -0.2) is 0 Å². The summed E-state index contributed by atoms with van der Waals surface area (Å²) in [5.41, 5.74) is 1.52. The minimum absolute atomic E-state index is 0. The van der Waals surface area contributed by atoms with Crippen molar-refractivity contribution in [1.29, 1.82) is 0 Å². The Balaban J connectivity index is 0.00000576. The van der Waals surface area contributed by atoms with Crippen LogP contribution in [-0.4, -0.2) is 107 Å². The number of ether oxygens (including phenoxy) is 1. The summed E-state index contributed by atoms with van der Waals surface area (Å²) in [5.74, 6) is -2.54. The van der Waals surface area contributed by atoms with Crippen LogP contribution < -0.4 is 68.8 Å². The Labute approximate surface area is 328 Å². The second kappa shape index (κ2) is 21.6. The summed E-state index contributed by atoms with van der Waals surface area (Å²) in [4.78, 5) is 97.8. The molecular formula is C31H42N5O9RbS. The molecule has 1 unspecified atom stereocenters. The number of nitrogens with one attached hydrogen (secondary N) is 2. The van der Waals surface area contributed by atoms with Crippen molar-refractivity contribution < 1.29 is 103 Å². The zero-order chi connectivity index (χ0) is 33.5. The van der Waals surface area contributed by atoms with Crippen LogP contribution in [0.25, 0.3) is 5.32 Å². The van der Waals surface area contributed by atoms with E-state index in [2.05, 4.69) is 16.0 Å². The first-order valence-electron chi connectivity index (χ1n) is 15.2. The molecule has 252 valence electrons. The number of hydrogen-bond acceptors (Lipinski definition) is 10. The maximum atomic E-state index is 12.6. The molecule has 1 aromatic carbocycles. The van der Waals surface area contributed by atoms with Crippen molar-refractivity contribution in [3.05, 3.63) is 40.7 Å². The van der Waals surface area contributed by atoms with Gasteiger partial charge < -0.3 is 30.3 Å². The number of unbranched alkanes of at least 4 members (excludes halogenated alkanes) is 2. The predicted octanol–water partition coefficient (Wildman–Crippen LogP) is -2.10. The second-order valence-corrected chi connectivity index (χ2v) is 12.2. The quantitative estimate of drug-likeness (QED) is 0.0850. The molecule has 0 spiro atoms. The van der Waals surface area contributed by atoms with E-state index in [-0.39, 0.29) is 128 Å². The molecule has 2 aliphatic rings. The van der Waals surface area contributed by atoms with Crippen molar-refractivity contribution in [3.63, 3.8) is 0 Å². The number of ketones is 1. The standard InChI is InChI=1S/C31H41N5O9S.Rb.H2/c1-21(37)5-3-2-4-11-32-27(40)20-46-24-16-30(43)36(31(24)44)18-25(38)33-12-14-45-19-26(39)34-17-23-8-6-22(7-9-23)15-29(42)35-13-10-28(35)41;;/h6-9,24H,2-5,10-20H2,1H3,(H3,32,33,34,38,39,40);;1H/q;+1;/p-1. The molecule has 2 fully saturated rings. The fourth-order valence-corrected chi connectivity index (χ4v) is 5.52. The third-order valence-electron chi connectivity index (χ3n) is 7.21. The first-order chi connectivity index (χ1) is 22.0. The van der Waals surface area contributed by atoms with Gasteiger partial charge in [0.2, 0.25) is 35.4 Å². The molecule has 1 atom stereocenters. The minimum atomic E-state index is -0.732. The smallest absolute Gasteiger partial charge is 0.648 e. The van der Waals surface area contributed by atoms with Gasteiger partial charge in [-0.15, -0.1) is 18.3 Å². The normalized spacial score (nSPS) is 15.5. The van der Waals surface area contributed by atoms with Crippen molar-refractivity contribution in [3.8, 4) is 0 Å². The maximum Gasteiger partial charge on any atom is 1.00 e. The summed E-state index contributed by atoms with van der Waals surface area (Å²) in [7, 11) is 0. The molecule has 2 aliphatic heterocycles. The SMILES string of the molecule is CC(=O)CCCCCNC(=O)CSC1CC(=O)N(CC(=O)NCCOCC(=O)[N-]Cc2ccc(CC(=O)N3CCC3=O)cc2)C1=O.[HH].[Rb+]. The predicted molar refractivity (Wildman–Crippen MR) is 169 cm³/mol. The van der Waals surface area contributed by atoms with Gasteiger partial charge in [-0.2, -0.15) is 0 Å². The molecule has 0 saturated carbocycles. The zero-order valence-corrected chi connectivity index (χ0v) is 32.7. The van der Waals surface area contributed by atoms with Gasteiger partial charge in [-0.3, -0.25) is 38.6 Å². The molecule has 14 nitrogen and oxygen atoms in total. The van der Waals surface area contributed by atoms with E-state index < -0.39 is 35.4 Å². The average Bonchev–Trinajstić information content (AvgIpc) is 3.27. The van der Waals surface area contributed by atoms with Gasteiger partial charge in [0.25, 0.3) is 0 Å². The van der Waals surface area contributed by atoms with E-state index in [4.69, 9.17) is 4.74 Å². The second-order valence-electron chi connectivity index (χ2n) is 11.0. The zero-order valence-electron chi connectivity index (χ0n) is 26.9. The first-order valence-corrected chi connectivity index (χ1v) is 16.3.